The topological polar surface area (TPSA) is 51.2 Å². The standard InChI is InChI=1S/C14H24N2O2S/c1-6-10(8-18-5)15-12(17)7-11-9-19-13(16-11)14(2,3)4/h9-10H,6-8H2,1-5H3,(H,15,17)/t10-/m1/s1. The van der Waals surface area contributed by atoms with Crippen LogP contribution in [0, 0.1) is 0 Å². The lowest BCUT2D eigenvalue weighted by molar-refractivity contribution is -0.121. The number of carbonyl (C=O) groups is 1. The summed E-state index contributed by atoms with van der Waals surface area (Å²) < 4.78 is 5.07. The van der Waals surface area contributed by atoms with E-state index in [2.05, 4.69) is 31.1 Å². The molecule has 0 unspecified atom stereocenters. The molecular weight excluding hydrogens is 260 g/mol. The van der Waals surface area contributed by atoms with Crippen molar-refractivity contribution < 1.29 is 9.53 Å². The fraction of sp³-hybridized carbons (Fsp3) is 0.714. The molecule has 1 atom stereocenters. The first kappa shape index (κ1) is 16.1. The minimum Gasteiger partial charge on any atom is -0.383 e. The lowest BCUT2D eigenvalue weighted by Gasteiger charge is -2.15. The number of hydrogen-bond donors (Lipinski definition) is 1. The van der Waals surface area contributed by atoms with Gasteiger partial charge in [-0.05, 0) is 6.42 Å². The summed E-state index contributed by atoms with van der Waals surface area (Å²) >= 11 is 1.62. The third-order valence-electron chi connectivity index (χ3n) is 2.76. The molecule has 108 valence electrons. The maximum atomic E-state index is 11.9. The number of rotatable bonds is 6. The van der Waals surface area contributed by atoms with E-state index in [-0.39, 0.29) is 17.4 Å². The first-order valence-electron chi connectivity index (χ1n) is 6.60. The zero-order valence-electron chi connectivity index (χ0n) is 12.4. The Morgan fingerprint density at radius 2 is 2.21 bits per heavy atom. The molecule has 5 heteroatoms. The summed E-state index contributed by atoms with van der Waals surface area (Å²) in [7, 11) is 1.64. The normalized spacial score (nSPS) is 13.3. The second-order valence-electron chi connectivity index (χ2n) is 5.70. The van der Waals surface area contributed by atoms with Gasteiger partial charge in [-0.2, -0.15) is 0 Å². The Hall–Kier alpha value is -0.940. The summed E-state index contributed by atoms with van der Waals surface area (Å²) in [5.41, 5.74) is 0.890. The lowest BCUT2D eigenvalue weighted by Crippen LogP contribution is -2.38. The molecule has 0 radical (unpaired) electrons. The summed E-state index contributed by atoms with van der Waals surface area (Å²) in [5, 5.41) is 6.00. The highest BCUT2D eigenvalue weighted by Gasteiger charge is 2.19. The monoisotopic (exact) mass is 284 g/mol. The van der Waals surface area contributed by atoms with Crippen LogP contribution < -0.4 is 5.32 Å². The molecule has 0 aliphatic carbocycles. The van der Waals surface area contributed by atoms with Crippen molar-refractivity contribution in [3.63, 3.8) is 0 Å². The van der Waals surface area contributed by atoms with Gasteiger partial charge < -0.3 is 10.1 Å². The number of amides is 1. The van der Waals surface area contributed by atoms with E-state index in [4.69, 9.17) is 4.74 Å². The molecule has 1 amide bonds. The second-order valence-corrected chi connectivity index (χ2v) is 6.56. The molecule has 0 saturated heterocycles. The average Bonchev–Trinajstić information content (AvgIpc) is 2.76. The second kappa shape index (κ2) is 7.01. The maximum absolute atomic E-state index is 11.9. The van der Waals surface area contributed by atoms with Crippen LogP contribution in [0.5, 0.6) is 0 Å². The van der Waals surface area contributed by atoms with E-state index in [0.717, 1.165) is 17.1 Å². The summed E-state index contributed by atoms with van der Waals surface area (Å²) in [6, 6.07) is 0.0817. The molecule has 0 aromatic carbocycles. The SMILES string of the molecule is CC[C@H](COC)NC(=O)Cc1csc(C(C)(C)C)n1. The van der Waals surface area contributed by atoms with Gasteiger partial charge in [0.05, 0.1) is 29.8 Å². The van der Waals surface area contributed by atoms with Gasteiger partial charge in [0.15, 0.2) is 0 Å². The van der Waals surface area contributed by atoms with Gasteiger partial charge in [0.1, 0.15) is 0 Å². The molecule has 0 bridgehead atoms. The molecule has 1 heterocycles. The Morgan fingerprint density at radius 1 is 1.53 bits per heavy atom. The number of nitrogens with one attached hydrogen (secondary N) is 1. The Morgan fingerprint density at radius 3 is 2.68 bits per heavy atom. The third-order valence-corrected chi connectivity index (χ3v) is 4.08. The van der Waals surface area contributed by atoms with E-state index in [1.807, 2.05) is 12.3 Å². The smallest absolute Gasteiger partial charge is 0.226 e. The molecule has 1 aromatic heterocycles. The number of nitrogens with zero attached hydrogens (tertiary/aromatic N) is 1. The van der Waals surface area contributed by atoms with Gasteiger partial charge in [0.2, 0.25) is 5.91 Å². The van der Waals surface area contributed by atoms with E-state index in [1.54, 1.807) is 18.4 Å². The van der Waals surface area contributed by atoms with Crippen molar-refractivity contribution in [2.24, 2.45) is 0 Å². The molecule has 0 aliphatic rings. The molecule has 1 rings (SSSR count). The van der Waals surface area contributed by atoms with Crippen LogP contribution in [-0.4, -0.2) is 30.6 Å². The minimum absolute atomic E-state index is 0.00894. The van der Waals surface area contributed by atoms with Gasteiger partial charge in [0.25, 0.3) is 0 Å². The van der Waals surface area contributed by atoms with E-state index in [0.29, 0.717) is 13.0 Å². The molecule has 1 N–H and O–H groups in total. The average molecular weight is 284 g/mol. The Labute approximate surface area is 119 Å². The number of hydrogen-bond acceptors (Lipinski definition) is 4. The molecular formula is C14H24N2O2S. The van der Waals surface area contributed by atoms with Gasteiger partial charge in [-0.3, -0.25) is 4.79 Å². The van der Waals surface area contributed by atoms with Crippen molar-refractivity contribution >= 4 is 17.2 Å². The summed E-state index contributed by atoms with van der Waals surface area (Å²) in [4.78, 5) is 16.4. The summed E-state index contributed by atoms with van der Waals surface area (Å²) in [6.45, 7) is 8.96. The lowest BCUT2D eigenvalue weighted by atomic mass is 9.98. The summed E-state index contributed by atoms with van der Waals surface area (Å²) in [5.74, 6) is 0.00894. The fourth-order valence-electron chi connectivity index (χ4n) is 1.64. The Bertz CT molecular complexity index is 410. The first-order valence-corrected chi connectivity index (χ1v) is 7.48. The van der Waals surface area contributed by atoms with E-state index in [9.17, 15) is 4.79 Å². The van der Waals surface area contributed by atoms with Crippen LogP contribution >= 0.6 is 11.3 Å². The van der Waals surface area contributed by atoms with Gasteiger partial charge in [-0.15, -0.1) is 11.3 Å². The van der Waals surface area contributed by atoms with Crippen molar-refractivity contribution in [2.75, 3.05) is 13.7 Å². The number of thiazole rings is 1. The van der Waals surface area contributed by atoms with Crippen LogP contribution in [0.3, 0.4) is 0 Å². The number of methoxy groups -OCH3 is 1. The molecule has 1 aromatic rings. The van der Waals surface area contributed by atoms with Crippen molar-refractivity contribution in [3.8, 4) is 0 Å². The van der Waals surface area contributed by atoms with Gasteiger partial charge >= 0.3 is 0 Å². The van der Waals surface area contributed by atoms with Crippen molar-refractivity contribution in [2.45, 2.75) is 52.0 Å². The fourth-order valence-corrected chi connectivity index (χ4v) is 2.55. The largest absolute Gasteiger partial charge is 0.383 e. The first-order chi connectivity index (χ1) is 8.86. The summed E-state index contributed by atoms with van der Waals surface area (Å²) in [6.07, 6.45) is 1.21. The number of aromatic nitrogens is 1. The highest BCUT2D eigenvalue weighted by Crippen LogP contribution is 2.25. The maximum Gasteiger partial charge on any atom is 0.226 e. The van der Waals surface area contributed by atoms with E-state index < -0.39 is 0 Å². The minimum atomic E-state index is 0.00894. The van der Waals surface area contributed by atoms with Crippen LogP contribution in [0.1, 0.15) is 44.8 Å². The highest BCUT2D eigenvalue weighted by atomic mass is 32.1. The van der Waals surface area contributed by atoms with Gasteiger partial charge in [0, 0.05) is 17.9 Å². The predicted octanol–water partition coefficient (Wildman–Crippen LogP) is 2.52. The van der Waals surface area contributed by atoms with Crippen molar-refractivity contribution in [3.05, 3.63) is 16.1 Å². The van der Waals surface area contributed by atoms with Crippen LogP contribution in [0.2, 0.25) is 0 Å². The van der Waals surface area contributed by atoms with Crippen LogP contribution in [0.25, 0.3) is 0 Å². The molecule has 0 aliphatic heterocycles. The predicted molar refractivity (Wildman–Crippen MR) is 78.6 cm³/mol. The quantitative estimate of drug-likeness (QED) is 0.873. The molecule has 0 spiro atoms. The van der Waals surface area contributed by atoms with Gasteiger partial charge in [-0.1, -0.05) is 27.7 Å². The van der Waals surface area contributed by atoms with E-state index in [1.165, 1.54) is 0 Å². The molecule has 4 nitrogen and oxygen atoms in total. The van der Waals surface area contributed by atoms with E-state index >= 15 is 0 Å². The van der Waals surface area contributed by atoms with Crippen molar-refractivity contribution in [1.82, 2.24) is 10.3 Å². The zero-order chi connectivity index (χ0) is 14.5. The highest BCUT2D eigenvalue weighted by molar-refractivity contribution is 7.09. The number of carbonyl (C=O) groups excluding carboxylic acids is 1. The van der Waals surface area contributed by atoms with Crippen LogP contribution in [0.15, 0.2) is 5.38 Å². The van der Waals surface area contributed by atoms with Crippen molar-refractivity contribution in [1.29, 1.82) is 0 Å². The Balaban J connectivity index is 2.55. The zero-order valence-corrected chi connectivity index (χ0v) is 13.3. The molecule has 0 saturated carbocycles. The molecule has 19 heavy (non-hydrogen) atoms. The molecule has 0 fully saturated rings. The van der Waals surface area contributed by atoms with Crippen LogP contribution in [-0.2, 0) is 21.4 Å². The number of ether oxygens (including phenoxy) is 1. The Kier molecular flexibility index (Phi) is 5.94. The third kappa shape index (κ3) is 5.28. The van der Waals surface area contributed by atoms with Gasteiger partial charge in [-0.25, -0.2) is 4.98 Å². The van der Waals surface area contributed by atoms with Crippen LogP contribution in [0.4, 0.5) is 0 Å².